The summed E-state index contributed by atoms with van der Waals surface area (Å²) < 4.78 is 30.3. The van der Waals surface area contributed by atoms with E-state index in [4.69, 9.17) is 31.5 Å². The van der Waals surface area contributed by atoms with Crippen LogP contribution in [0.15, 0.2) is 102 Å². The number of nitriles is 1. The van der Waals surface area contributed by atoms with E-state index in [2.05, 4.69) is 6.07 Å². The first-order valence-electron chi connectivity index (χ1n) is 11.6. The minimum absolute atomic E-state index is 0.0469. The highest BCUT2D eigenvalue weighted by Gasteiger charge is 2.31. The minimum Gasteiger partial charge on any atom is -0.489 e. The maximum absolute atomic E-state index is 13.2. The van der Waals surface area contributed by atoms with Gasteiger partial charge in [-0.3, -0.25) is 0 Å². The lowest BCUT2D eigenvalue weighted by atomic mass is 9.83. The fourth-order valence-corrected chi connectivity index (χ4v) is 4.34. The molecule has 2 N–H and O–H groups in total. The number of carbonyl (C=O) groups is 1. The van der Waals surface area contributed by atoms with E-state index in [9.17, 15) is 14.4 Å². The molecule has 4 aromatic rings. The largest absolute Gasteiger partial charge is 0.489 e. The molecule has 0 fully saturated rings. The van der Waals surface area contributed by atoms with Gasteiger partial charge in [-0.05, 0) is 54.1 Å². The lowest BCUT2D eigenvalue weighted by Crippen LogP contribution is -2.21. The smallest absolute Gasteiger partial charge is 0.343 e. The third kappa shape index (κ3) is 5.17. The molecule has 4 aromatic carbocycles. The SMILES string of the molecule is N#CC1=C(N)Oc2cc(OC(=O)c3ccc(F)cc3)ccc2C1c1cccc(OCc2ccccc2Cl)c1. The summed E-state index contributed by atoms with van der Waals surface area (Å²) in [6, 6.07) is 26.8. The van der Waals surface area contributed by atoms with Crippen molar-refractivity contribution in [3.05, 3.63) is 136 Å². The highest BCUT2D eigenvalue weighted by atomic mass is 35.5. The molecule has 8 heteroatoms. The van der Waals surface area contributed by atoms with Crippen LogP contribution < -0.4 is 19.9 Å². The Hall–Kier alpha value is -4.80. The van der Waals surface area contributed by atoms with Crippen LogP contribution in [0.2, 0.25) is 5.02 Å². The molecule has 0 aliphatic carbocycles. The number of carbonyl (C=O) groups excluding carboxylic acids is 1. The van der Waals surface area contributed by atoms with Crippen LogP contribution >= 0.6 is 11.6 Å². The van der Waals surface area contributed by atoms with Gasteiger partial charge in [0.15, 0.2) is 0 Å². The number of esters is 1. The molecule has 6 nitrogen and oxygen atoms in total. The molecule has 1 heterocycles. The highest BCUT2D eigenvalue weighted by Crippen LogP contribution is 2.44. The van der Waals surface area contributed by atoms with Gasteiger partial charge in [0.05, 0.1) is 11.5 Å². The van der Waals surface area contributed by atoms with E-state index >= 15 is 0 Å². The predicted molar refractivity (Wildman–Crippen MR) is 139 cm³/mol. The second-order valence-electron chi connectivity index (χ2n) is 8.47. The molecule has 0 amide bonds. The summed E-state index contributed by atoms with van der Waals surface area (Å²) in [6.45, 7) is 0.277. The number of nitrogens with two attached hydrogens (primary N) is 1. The van der Waals surface area contributed by atoms with Crippen LogP contribution in [-0.2, 0) is 6.61 Å². The third-order valence-corrected chi connectivity index (χ3v) is 6.39. The summed E-state index contributed by atoms with van der Waals surface area (Å²) in [7, 11) is 0. The van der Waals surface area contributed by atoms with Crippen LogP contribution in [0, 0.1) is 17.1 Å². The van der Waals surface area contributed by atoms with Gasteiger partial charge in [0.1, 0.15) is 41.3 Å². The van der Waals surface area contributed by atoms with Crippen molar-refractivity contribution in [1.82, 2.24) is 0 Å². The summed E-state index contributed by atoms with van der Waals surface area (Å²) in [4.78, 5) is 12.5. The summed E-state index contributed by atoms with van der Waals surface area (Å²) in [5.41, 5.74) is 8.85. The molecule has 1 unspecified atom stereocenters. The van der Waals surface area contributed by atoms with Crippen molar-refractivity contribution in [3.8, 4) is 23.3 Å². The number of benzene rings is 4. The second-order valence-corrected chi connectivity index (χ2v) is 8.88. The molecule has 0 aromatic heterocycles. The average molecular weight is 527 g/mol. The van der Waals surface area contributed by atoms with Crippen molar-refractivity contribution < 1.29 is 23.4 Å². The van der Waals surface area contributed by atoms with Crippen LogP contribution in [0.3, 0.4) is 0 Å². The van der Waals surface area contributed by atoms with Gasteiger partial charge in [-0.25, -0.2) is 9.18 Å². The molecule has 1 aliphatic heterocycles. The number of hydrogen-bond acceptors (Lipinski definition) is 6. The first-order chi connectivity index (χ1) is 18.4. The first kappa shape index (κ1) is 24.9. The van der Waals surface area contributed by atoms with E-state index in [1.165, 1.54) is 30.3 Å². The van der Waals surface area contributed by atoms with Gasteiger partial charge in [-0.2, -0.15) is 5.26 Å². The number of nitrogens with zero attached hydrogens (tertiary/aromatic N) is 1. The standard InChI is InChI=1S/C30H20ClFN2O4/c31-26-7-2-1-4-20(26)17-36-22-6-3-5-19(14-22)28-24-13-12-23(15-27(24)38-29(34)25(28)16-33)37-30(35)18-8-10-21(32)11-9-18/h1-15,28H,17,34H2. The van der Waals surface area contributed by atoms with Crippen molar-refractivity contribution in [3.63, 3.8) is 0 Å². The van der Waals surface area contributed by atoms with Gasteiger partial charge in [-0.1, -0.05) is 48.0 Å². The minimum atomic E-state index is -0.651. The molecular formula is C30H20ClFN2O4. The molecule has 188 valence electrons. The lowest BCUT2D eigenvalue weighted by Gasteiger charge is -2.27. The Morgan fingerprint density at radius 3 is 2.55 bits per heavy atom. The maximum atomic E-state index is 13.2. The third-order valence-electron chi connectivity index (χ3n) is 6.02. The Balaban J connectivity index is 1.42. The zero-order valence-corrected chi connectivity index (χ0v) is 20.6. The van der Waals surface area contributed by atoms with Crippen LogP contribution in [-0.4, -0.2) is 5.97 Å². The van der Waals surface area contributed by atoms with Crippen molar-refractivity contribution >= 4 is 17.6 Å². The lowest BCUT2D eigenvalue weighted by molar-refractivity contribution is 0.0734. The number of rotatable bonds is 6. The van der Waals surface area contributed by atoms with E-state index < -0.39 is 17.7 Å². The van der Waals surface area contributed by atoms with Crippen molar-refractivity contribution in [2.24, 2.45) is 5.73 Å². The summed E-state index contributed by atoms with van der Waals surface area (Å²) in [5, 5.41) is 10.5. The van der Waals surface area contributed by atoms with Crippen molar-refractivity contribution in [1.29, 1.82) is 5.26 Å². The summed E-state index contributed by atoms with van der Waals surface area (Å²) in [5.74, 6) is -0.536. The van der Waals surface area contributed by atoms with Gasteiger partial charge in [0.2, 0.25) is 5.88 Å². The quantitative estimate of drug-likeness (QED) is 0.228. The Bertz CT molecular complexity index is 1590. The Morgan fingerprint density at radius 1 is 1.00 bits per heavy atom. The van der Waals surface area contributed by atoms with E-state index in [1.54, 1.807) is 18.2 Å². The number of hydrogen-bond donors (Lipinski definition) is 1. The van der Waals surface area contributed by atoms with E-state index in [0.29, 0.717) is 22.1 Å². The molecule has 0 bridgehead atoms. The van der Waals surface area contributed by atoms with E-state index in [1.807, 2.05) is 42.5 Å². The zero-order chi connectivity index (χ0) is 26.6. The van der Waals surface area contributed by atoms with Crippen molar-refractivity contribution in [2.45, 2.75) is 12.5 Å². The molecular weight excluding hydrogens is 507 g/mol. The summed E-state index contributed by atoms with van der Waals surface area (Å²) >= 11 is 6.24. The van der Waals surface area contributed by atoms with Crippen LogP contribution in [0.1, 0.15) is 33.0 Å². The van der Waals surface area contributed by atoms with Crippen LogP contribution in [0.5, 0.6) is 17.2 Å². The topological polar surface area (TPSA) is 94.6 Å². The fraction of sp³-hybridized carbons (Fsp3) is 0.0667. The average Bonchev–Trinajstić information content (AvgIpc) is 2.92. The van der Waals surface area contributed by atoms with Crippen LogP contribution in [0.4, 0.5) is 4.39 Å². The second kappa shape index (κ2) is 10.7. The Labute approximate surface area is 223 Å². The van der Waals surface area contributed by atoms with Gasteiger partial charge in [0, 0.05) is 22.2 Å². The monoisotopic (exact) mass is 526 g/mol. The molecule has 0 spiro atoms. The molecule has 1 aliphatic rings. The van der Waals surface area contributed by atoms with Crippen molar-refractivity contribution in [2.75, 3.05) is 0 Å². The molecule has 1 atom stereocenters. The number of allylic oxidation sites excluding steroid dienone is 1. The fourth-order valence-electron chi connectivity index (χ4n) is 4.15. The van der Waals surface area contributed by atoms with E-state index in [0.717, 1.165) is 11.1 Å². The molecule has 0 saturated carbocycles. The summed E-state index contributed by atoms with van der Waals surface area (Å²) in [6.07, 6.45) is 0. The highest BCUT2D eigenvalue weighted by molar-refractivity contribution is 6.31. The Morgan fingerprint density at radius 2 is 1.79 bits per heavy atom. The van der Waals surface area contributed by atoms with Gasteiger partial charge in [-0.15, -0.1) is 0 Å². The van der Waals surface area contributed by atoms with Crippen LogP contribution in [0.25, 0.3) is 0 Å². The van der Waals surface area contributed by atoms with Gasteiger partial charge < -0.3 is 19.9 Å². The molecule has 38 heavy (non-hydrogen) atoms. The zero-order valence-electron chi connectivity index (χ0n) is 19.9. The first-order valence-corrected chi connectivity index (χ1v) is 12.0. The van der Waals surface area contributed by atoms with Gasteiger partial charge >= 0.3 is 5.97 Å². The number of fused-ring (bicyclic) bond motifs is 1. The maximum Gasteiger partial charge on any atom is 0.343 e. The molecule has 0 radical (unpaired) electrons. The van der Waals surface area contributed by atoms with E-state index in [-0.39, 0.29) is 29.4 Å². The predicted octanol–water partition coefficient (Wildman–Crippen LogP) is 6.50. The normalized spacial score (nSPS) is 14.2. The molecule has 5 rings (SSSR count). The molecule has 0 saturated heterocycles. The van der Waals surface area contributed by atoms with Gasteiger partial charge in [0.25, 0.3) is 0 Å². The number of halogens is 2. The Kier molecular flexibility index (Phi) is 6.98. The number of ether oxygens (including phenoxy) is 3.